The van der Waals surface area contributed by atoms with Crippen molar-refractivity contribution in [3.05, 3.63) is 79.2 Å². The zero-order valence-electron chi connectivity index (χ0n) is 21.9. The Balaban J connectivity index is 0.00000108. The summed E-state index contributed by atoms with van der Waals surface area (Å²) in [7, 11) is 0. The van der Waals surface area contributed by atoms with Crippen molar-refractivity contribution < 1.29 is 27.8 Å². The molecule has 41 heavy (non-hydrogen) atoms. The van der Waals surface area contributed by atoms with Crippen LogP contribution in [-0.2, 0) is 0 Å². The molecular weight excluding hydrogens is 590 g/mol. The quantitative estimate of drug-likeness (QED) is 0.168. The molecule has 0 unspecified atom stereocenters. The first-order valence-electron chi connectivity index (χ1n) is 12.6. The Kier molecular flexibility index (Phi) is 11.2. The number of benzene rings is 2. The summed E-state index contributed by atoms with van der Waals surface area (Å²) < 4.78 is 44.4. The van der Waals surface area contributed by atoms with Crippen LogP contribution >= 0.6 is 23.2 Å². The molecule has 0 spiro atoms. The fourth-order valence-electron chi connectivity index (χ4n) is 4.24. The van der Waals surface area contributed by atoms with Crippen LogP contribution in [0.4, 0.5) is 13.2 Å². The third kappa shape index (κ3) is 9.51. The van der Waals surface area contributed by atoms with Crippen LogP contribution in [0.5, 0.6) is 5.75 Å². The van der Waals surface area contributed by atoms with Crippen molar-refractivity contribution in [3.8, 4) is 22.8 Å². The number of nitrogens with one attached hydrogen (secondary N) is 1. The van der Waals surface area contributed by atoms with Crippen molar-refractivity contribution >= 4 is 29.1 Å². The summed E-state index contributed by atoms with van der Waals surface area (Å²) >= 11 is 12.6. The molecule has 0 atom stereocenters. The average molecular weight is 617 g/mol. The molecule has 1 aliphatic rings. The average Bonchev–Trinajstić information content (AvgIpc) is 3.23. The Morgan fingerprint density at radius 2 is 1.73 bits per heavy atom. The molecule has 1 N–H and O–H groups in total. The second-order valence-corrected chi connectivity index (χ2v) is 9.95. The van der Waals surface area contributed by atoms with Crippen molar-refractivity contribution in [1.29, 1.82) is 0 Å². The molecule has 2 heterocycles. The Morgan fingerprint density at radius 1 is 1.10 bits per heavy atom. The maximum absolute atomic E-state index is 13.2. The largest absolute Gasteiger partial charge is 0.494 e. The van der Waals surface area contributed by atoms with Gasteiger partial charge in [0, 0.05) is 35.8 Å². The van der Waals surface area contributed by atoms with Gasteiger partial charge in [0.05, 0.1) is 22.4 Å². The number of piperidine rings is 1. The number of carbonyl (C=O) groups excluding carboxylic acids is 1. The number of alkyl halides is 3. The molecule has 3 aromatic rings. The molecule has 0 aliphatic carbocycles. The number of carbonyl (C=O) groups is 1. The van der Waals surface area contributed by atoms with Crippen molar-refractivity contribution in [2.45, 2.75) is 45.2 Å². The molecule has 0 bridgehead atoms. The Hall–Kier alpha value is -3.55. The maximum Gasteiger partial charge on any atom is 0.389 e. The molecule has 0 radical (unpaired) electrons. The number of imidazole rings is 1. The molecule has 0 saturated carbocycles. The molecular formula is C26H27Cl2F3N5O5-. The lowest BCUT2D eigenvalue weighted by molar-refractivity contribution is -0.402. The minimum absolute atomic E-state index is 0.0462. The van der Waals surface area contributed by atoms with Gasteiger partial charge in [0.2, 0.25) is 0 Å². The van der Waals surface area contributed by atoms with Gasteiger partial charge in [-0.2, -0.15) is 13.2 Å². The third-order valence-corrected chi connectivity index (χ3v) is 6.63. The van der Waals surface area contributed by atoms with Crippen molar-refractivity contribution in [2.24, 2.45) is 0 Å². The number of amides is 1. The topological polar surface area (TPSA) is 126 Å². The molecule has 15 heteroatoms. The normalized spacial score (nSPS) is 13.7. The SMILES string of the molecule is Cc1c(C(=O)NN2CCCCC2)nc(-c2ccc(Cl)cc2Cl)n1-c1ccc(OCCCC(F)(F)F)cc1.O=[N+]([O-])[O-]. The van der Waals surface area contributed by atoms with Crippen LogP contribution in [0.15, 0.2) is 42.5 Å². The summed E-state index contributed by atoms with van der Waals surface area (Å²) in [5.74, 6) is 0.591. The highest BCUT2D eigenvalue weighted by molar-refractivity contribution is 6.36. The standard InChI is InChI=1S/C26H27Cl2F3N4O2.NO3/c1-17-23(25(36)33-34-13-3-2-4-14-34)32-24(21-11-6-18(27)16-22(21)28)35(17)19-7-9-20(10-8-19)37-15-5-12-26(29,30)31;2-1(3)4/h6-11,16H,2-5,12-15H2,1H3,(H,33,36);/q;-1. The van der Waals surface area contributed by atoms with Gasteiger partial charge in [-0.1, -0.05) is 29.6 Å². The van der Waals surface area contributed by atoms with E-state index in [4.69, 9.17) is 43.3 Å². The van der Waals surface area contributed by atoms with Crippen molar-refractivity contribution in [3.63, 3.8) is 0 Å². The van der Waals surface area contributed by atoms with Crippen LogP contribution in [-0.4, -0.2) is 51.4 Å². The summed E-state index contributed by atoms with van der Waals surface area (Å²) in [4.78, 5) is 26.1. The number of ether oxygens (including phenoxy) is 1. The van der Waals surface area contributed by atoms with Crippen LogP contribution < -0.4 is 10.2 Å². The van der Waals surface area contributed by atoms with Gasteiger partial charge in [-0.05, 0) is 68.7 Å². The minimum atomic E-state index is -4.20. The number of halogens is 5. The summed E-state index contributed by atoms with van der Waals surface area (Å²) in [5, 5.41) is 17.5. The van der Waals surface area contributed by atoms with Gasteiger partial charge in [0.1, 0.15) is 11.6 Å². The van der Waals surface area contributed by atoms with Gasteiger partial charge in [-0.3, -0.25) is 14.8 Å². The third-order valence-electron chi connectivity index (χ3n) is 6.08. The maximum atomic E-state index is 13.2. The second-order valence-electron chi connectivity index (χ2n) is 9.10. The van der Waals surface area contributed by atoms with E-state index in [1.54, 1.807) is 49.4 Å². The molecule has 222 valence electrons. The summed E-state index contributed by atoms with van der Waals surface area (Å²) in [6, 6.07) is 11.9. The van der Waals surface area contributed by atoms with Crippen molar-refractivity contribution in [2.75, 3.05) is 19.7 Å². The summed E-state index contributed by atoms with van der Waals surface area (Å²) in [6.45, 7) is 3.32. The molecule has 1 aliphatic heterocycles. The number of hydrogen-bond donors (Lipinski definition) is 1. The fraction of sp³-hybridized carbons (Fsp3) is 0.385. The van der Waals surface area contributed by atoms with E-state index >= 15 is 0 Å². The first-order chi connectivity index (χ1) is 19.4. The van der Waals surface area contributed by atoms with Gasteiger partial charge in [0.15, 0.2) is 5.69 Å². The van der Waals surface area contributed by atoms with Gasteiger partial charge in [-0.15, -0.1) is 0 Å². The van der Waals surface area contributed by atoms with E-state index < -0.39 is 17.7 Å². The highest BCUT2D eigenvalue weighted by Gasteiger charge is 2.26. The lowest BCUT2D eigenvalue weighted by Crippen LogP contribution is -2.45. The number of aromatic nitrogens is 2. The van der Waals surface area contributed by atoms with Gasteiger partial charge in [-0.25, -0.2) is 9.99 Å². The summed E-state index contributed by atoms with van der Waals surface area (Å²) in [5.41, 5.74) is 5.11. The van der Waals surface area contributed by atoms with Crippen molar-refractivity contribution in [1.82, 2.24) is 20.0 Å². The zero-order valence-corrected chi connectivity index (χ0v) is 23.4. The monoisotopic (exact) mass is 616 g/mol. The van der Waals surface area contributed by atoms with E-state index in [0.29, 0.717) is 38.6 Å². The minimum Gasteiger partial charge on any atom is -0.494 e. The van der Waals surface area contributed by atoms with Crippen LogP contribution in [0, 0.1) is 22.2 Å². The number of hydrazine groups is 1. The molecule has 1 aromatic heterocycles. The first-order valence-corrected chi connectivity index (χ1v) is 13.3. The Labute approximate surface area is 243 Å². The smallest absolute Gasteiger partial charge is 0.389 e. The van der Waals surface area contributed by atoms with Gasteiger partial charge < -0.3 is 20.1 Å². The first kappa shape index (κ1) is 32.0. The van der Waals surface area contributed by atoms with Crippen LogP contribution in [0.1, 0.15) is 48.3 Å². The van der Waals surface area contributed by atoms with Crippen LogP contribution in [0.3, 0.4) is 0 Å². The molecule has 2 aromatic carbocycles. The highest BCUT2D eigenvalue weighted by atomic mass is 35.5. The zero-order chi connectivity index (χ0) is 30.2. The van der Waals surface area contributed by atoms with E-state index in [1.807, 2.05) is 9.58 Å². The molecule has 10 nitrogen and oxygen atoms in total. The van der Waals surface area contributed by atoms with E-state index in [2.05, 4.69) is 10.4 Å². The number of rotatable bonds is 8. The second kappa shape index (κ2) is 14.4. The molecule has 1 fully saturated rings. The molecule has 1 amide bonds. The number of nitrogens with zero attached hydrogens (tertiary/aromatic N) is 4. The number of hydrogen-bond acceptors (Lipinski definition) is 7. The molecule has 4 rings (SSSR count). The highest BCUT2D eigenvalue weighted by Crippen LogP contribution is 2.33. The summed E-state index contributed by atoms with van der Waals surface area (Å²) in [6.07, 6.45) is -2.05. The van der Waals surface area contributed by atoms with Gasteiger partial charge >= 0.3 is 6.18 Å². The van der Waals surface area contributed by atoms with Crippen LogP contribution in [0.25, 0.3) is 17.1 Å². The Bertz CT molecular complexity index is 1340. The molecule has 1 saturated heterocycles. The predicted octanol–water partition coefficient (Wildman–Crippen LogP) is 6.77. The van der Waals surface area contributed by atoms with E-state index in [1.165, 1.54) is 0 Å². The fourth-order valence-corrected chi connectivity index (χ4v) is 4.73. The Morgan fingerprint density at radius 3 is 2.32 bits per heavy atom. The lowest BCUT2D eigenvalue weighted by atomic mass is 10.2. The predicted molar refractivity (Wildman–Crippen MR) is 148 cm³/mol. The van der Waals surface area contributed by atoms with E-state index in [9.17, 15) is 18.0 Å². The van der Waals surface area contributed by atoms with E-state index in [0.717, 1.165) is 32.4 Å². The van der Waals surface area contributed by atoms with E-state index in [-0.39, 0.29) is 24.6 Å². The van der Waals surface area contributed by atoms with Gasteiger partial charge in [0.25, 0.3) is 5.91 Å². The van der Waals surface area contributed by atoms with Crippen LogP contribution in [0.2, 0.25) is 10.0 Å². The lowest BCUT2D eigenvalue weighted by Gasteiger charge is -2.26.